The third-order valence-corrected chi connectivity index (χ3v) is 3.79. The van der Waals surface area contributed by atoms with Gasteiger partial charge in [-0.3, -0.25) is 4.90 Å². The van der Waals surface area contributed by atoms with Crippen LogP contribution in [0, 0.1) is 0 Å². The molecule has 1 aromatic rings. The lowest BCUT2D eigenvalue weighted by Crippen LogP contribution is -2.45. The molecule has 1 unspecified atom stereocenters. The molecule has 0 saturated carbocycles. The summed E-state index contributed by atoms with van der Waals surface area (Å²) in [5.74, 6) is -0.450. The number of nitrogens with zero attached hydrogens (tertiary/aromatic N) is 1. The zero-order valence-corrected chi connectivity index (χ0v) is 14.6. The van der Waals surface area contributed by atoms with Crippen LogP contribution in [0.15, 0.2) is 30.3 Å². The Morgan fingerprint density at radius 2 is 1.88 bits per heavy atom. The summed E-state index contributed by atoms with van der Waals surface area (Å²) < 4.78 is 10.9. The van der Waals surface area contributed by atoms with E-state index in [0.29, 0.717) is 12.0 Å². The van der Waals surface area contributed by atoms with Crippen molar-refractivity contribution in [3.05, 3.63) is 35.9 Å². The summed E-state index contributed by atoms with van der Waals surface area (Å²) in [5.41, 5.74) is -0.175. The second-order valence-electron chi connectivity index (χ2n) is 7.07. The van der Waals surface area contributed by atoms with Crippen LogP contribution in [0.1, 0.15) is 44.5 Å². The predicted octanol–water partition coefficient (Wildman–Crippen LogP) is 2.60. The van der Waals surface area contributed by atoms with Gasteiger partial charge in [0.2, 0.25) is 0 Å². The SMILES string of the molecule is CC(OC(=O)c1ccccc1)[C@H]1C[C@@H](O)CN1C(=O)OC(C)(C)C. The van der Waals surface area contributed by atoms with Gasteiger partial charge in [-0.25, -0.2) is 9.59 Å². The van der Waals surface area contributed by atoms with Gasteiger partial charge in [0.15, 0.2) is 0 Å². The molecule has 0 aromatic heterocycles. The maximum Gasteiger partial charge on any atom is 0.410 e. The van der Waals surface area contributed by atoms with Crippen LogP contribution in [0.3, 0.4) is 0 Å². The molecule has 6 nitrogen and oxygen atoms in total. The summed E-state index contributed by atoms with van der Waals surface area (Å²) >= 11 is 0. The Kier molecular flexibility index (Phi) is 5.49. The van der Waals surface area contributed by atoms with Gasteiger partial charge in [-0.05, 0) is 46.2 Å². The fourth-order valence-corrected chi connectivity index (χ4v) is 2.71. The Hall–Kier alpha value is -2.08. The lowest BCUT2D eigenvalue weighted by atomic mass is 10.1. The molecule has 1 saturated heterocycles. The van der Waals surface area contributed by atoms with Crippen molar-refractivity contribution in [1.29, 1.82) is 0 Å². The minimum Gasteiger partial charge on any atom is -0.457 e. The summed E-state index contributed by atoms with van der Waals surface area (Å²) in [5, 5.41) is 9.93. The van der Waals surface area contributed by atoms with E-state index in [-0.39, 0.29) is 6.54 Å². The average molecular weight is 335 g/mol. The number of likely N-dealkylation sites (tertiary alicyclic amines) is 1. The fourth-order valence-electron chi connectivity index (χ4n) is 2.71. The van der Waals surface area contributed by atoms with E-state index >= 15 is 0 Å². The normalized spacial score (nSPS) is 22.1. The van der Waals surface area contributed by atoms with E-state index in [1.54, 1.807) is 52.0 Å². The number of carbonyl (C=O) groups is 2. The molecule has 3 atom stereocenters. The molecule has 132 valence electrons. The van der Waals surface area contributed by atoms with E-state index in [1.165, 1.54) is 4.90 Å². The van der Waals surface area contributed by atoms with E-state index in [1.807, 2.05) is 6.07 Å². The number of hydrogen-bond acceptors (Lipinski definition) is 5. The summed E-state index contributed by atoms with van der Waals surface area (Å²) in [6, 6.07) is 8.26. The van der Waals surface area contributed by atoms with Crippen molar-refractivity contribution in [2.45, 2.75) is 58.0 Å². The van der Waals surface area contributed by atoms with Crippen LogP contribution in [-0.2, 0) is 9.47 Å². The molecule has 0 aliphatic carbocycles. The summed E-state index contributed by atoms with van der Waals surface area (Å²) in [4.78, 5) is 26.0. The number of amides is 1. The molecule has 1 aromatic carbocycles. The Balaban J connectivity index is 2.04. The molecule has 0 radical (unpaired) electrons. The first-order valence-corrected chi connectivity index (χ1v) is 8.11. The number of aliphatic hydroxyl groups is 1. The quantitative estimate of drug-likeness (QED) is 0.859. The predicted molar refractivity (Wildman–Crippen MR) is 88.7 cm³/mol. The van der Waals surface area contributed by atoms with Crippen molar-refractivity contribution in [3.8, 4) is 0 Å². The van der Waals surface area contributed by atoms with Crippen LogP contribution in [0.5, 0.6) is 0 Å². The van der Waals surface area contributed by atoms with Crippen LogP contribution >= 0.6 is 0 Å². The molecule has 6 heteroatoms. The van der Waals surface area contributed by atoms with E-state index < -0.39 is 35.9 Å². The molecule has 1 N–H and O–H groups in total. The zero-order chi connectivity index (χ0) is 17.9. The first kappa shape index (κ1) is 18.3. The van der Waals surface area contributed by atoms with Crippen LogP contribution in [-0.4, -0.2) is 52.5 Å². The van der Waals surface area contributed by atoms with Crippen molar-refractivity contribution >= 4 is 12.1 Å². The van der Waals surface area contributed by atoms with Gasteiger partial charge in [0.1, 0.15) is 11.7 Å². The lowest BCUT2D eigenvalue weighted by molar-refractivity contribution is -0.00669. The highest BCUT2D eigenvalue weighted by atomic mass is 16.6. The maximum atomic E-state index is 12.3. The van der Waals surface area contributed by atoms with Crippen molar-refractivity contribution in [2.24, 2.45) is 0 Å². The number of β-amino-alcohol motifs (C(OH)–C–C–N with tert-alkyl or cyclic N) is 1. The Labute approximate surface area is 142 Å². The molecular formula is C18H25NO5. The van der Waals surface area contributed by atoms with Gasteiger partial charge < -0.3 is 14.6 Å². The minimum absolute atomic E-state index is 0.173. The van der Waals surface area contributed by atoms with Gasteiger partial charge in [-0.1, -0.05) is 18.2 Å². The number of hydrogen-bond donors (Lipinski definition) is 1. The number of esters is 1. The minimum atomic E-state index is -0.652. The summed E-state index contributed by atoms with van der Waals surface area (Å²) in [6.07, 6.45) is -1.36. The first-order chi connectivity index (χ1) is 11.2. The number of benzene rings is 1. The van der Waals surface area contributed by atoms with Crippen LogP contribution < -0.4 is 0 Å². The monoisotopic (exact) mass is 335 g/mol. The highest BCUT2D eigenvalue weighted by molar-refractivity contribution is 5.89. The second-order valence-corrected chi connectivity index (χ2v) is 7.07. The number of aliphatic hydroxyl groups excluding tert-OH is 1. The van der Waals surface area contributed by atoms with Gasteiger partial charge in [0.25, 0.3) is 0 Å². The van der Waals surface area contributed by atoms with Crippen molar-refractivity contribution in [2.75, 3.05) is 6.54 Å². The van der Waals surface area contributed by atoms with Gasteiger partial charge in [0.05, 0.1) is 24.3 Å². The number of carbonyl (C=O) groups excluding carboxylic acids is 2. The smallest absolute Gasteiger partial charge is 0.410 e. The topological polar surface area (TPSA) is 76.1 Å². The van der Waals surface area contributed by atoms with E-state index in [4.69, 9.17) is 9.47 Å². The highest BCUT2D eigenvalue weighted by Crippen LogP contribution is 2.25. The van der Waals surface area contributed by atoms with Crippen LogP contribution in [0.2, 0.25) is 0 Å². The molecule has 24 heavy (non-hydrogen) atoms. The second kappa shape index (κ2) is 7.21. The summed E-state index contributed by atoms with van der Waals surface area (Å²) in [6.45, 7) is 7.25. The molecule has 1 heterocycles. The molecule has 2 rings (SSSR count). The fraction of sp³-hybridized carbons (Fsp3) is 0.556. The molecule has 1 amide bonds. The first-order valence-electron chi connectivity index (χ1n) is 8.11. The van der Waals surface area contributed by atoms with Crippen LogP contribution in [0.25, 0.3) is 0 Å². The average Bonchev–Trinajstić information content (AvgIpc) is 2.88. The Morgan fingerprint density at radius 3 is 2.46 bits per heavy atom. The Bertz CT molecular complexity index is 581. The van der Waals surface area contributed by atoms with Gasteiger partial charge >= 0.3 is 12.1 Å². The lowest BCUT2D eigenvalue weighted by Gasteiger charge is -2.31. The zero-order valence-electron chi connectivity index (χ0n) is 14.6. The third kappa shape index (κ3) is 4.71. The summed E-state index contributed by atoms with van der Waals surface area (Å²) in [7, 11) is 0. The third-order valence-electron chi connectivity index (χ3n) is 3.79. The molecule has 1 aliphatic rings. The largest absolute Gasteiger partial charge is 0.457 e. The van der Waals surface area contributed by atoms with Crippen molar-refractivity contribution in [1.82, 2.24) is 4.90 Å². The number of ether oxygens (including phenoxy) is 2. The van der Waals surface area contributed by atoms with Gasteiger partial charge in [-0.15, -0.1) is 0 Å². The standard InChI is InChI=1S/C18H25NO5/c1-12(23-16(21)13-8-6-5-7-9-13)15-10-14(20)11-19(15)17(22)24-18(2,3)4/h5-9,12,14-15,20H,10-11H2,1-4H3/t12?,14-,15-/m1/s1. The van der Waals surface area contributed by atoms with E-state index in [2.05, 4.69) is 0 Å². The molecule has 0 bridgehead atoms. The van der Waals surface area contributed by atoms with E-state index in [0.717, 1.165) is 0 Å². The van der Waals surface area contributed by atoms with E-state index in [9.17, 15) is 14.7 Å². The Morgan fingerprint density at radius 1 is 1.25 bits per heavy atom. The highest BCUT2D eigenvalue weighted by Gasteiger charge is 2.41. The van der Waals surface area contributed by atoms with Crippen LogP contribution in [0.4, 0.5) is 4.79 Å². The maximum absolute atomic E-state index is 12.3. The molecule has 1 aliphatic heterocycles. The van der Waals surface area contributed by atoms with Crippen molar-refractivity contribution in [3.63, 3.8) is 0 Å². The van der Waals surface area contributed by atoms with Gasteiger partial charge in [-0.2, -0.15) is 0 Å². The molecule has 1 fully saturated rings. The number of rotatable bonds is 3. The molecular weight excluding hydrogens is 310 g/mol. The van der Waals surface area contributed by atoms with Gasteiger partial charge in [0, 0.05) is 0 Å². The molecule has 0 spiro atoms. The van der Waals surface area contributed by atoms with Crippen molar-refractivity contribution < 1.29 is 24.2 Å².